The summed E-state index contributed by atoms with van der Waals surface area (Å²) >= 11 is 0. The Morgan fingerprint density at radius 2 is 2.20 bits per heavy atom. The fourth-order valence-corrected chi connectivity index (χ4v) is 4.42. The fourth-order valence-electron chi connectivity index (χ4n) is 4.42. The van der Waals surface area contributed by atoms with Gasteiger partial charge in [-0.3, -0.25) is 4.90 Å². The van der Waals surface area contributed by atoms with E-state index in [4.69, 9.17) is 4.74 Å². The van der Waals surface area contributed by atoms with Crippen LogP contribution in [0.1, 0.15) is 25.5 Å². The standard InChI is InChI=1S/C16H22N2O2/c1-16(2)13-7-17-6-10(13)8-18(16)14-9-20-15-5-11(19)3-4-12(14)15/h3-5,10,13-14,17,19H,6-9H2,1-2H3. The third kappa shape index (κ3) is 1.61. The van der Waals surface area contributed by atoms with Gasteiger partial charge in [-0.05, 0) is 44.4 Å². The summed E-state index contributed by atoms with van der Waals surface area (Å²) in [5.74, 6) is 2.61. The molecule has 2 fully saturated rings. The number of rotatable bonds is 1. The number of benzene rings is 1. The molecule has 3 atom stereocenters. The van der Waals surface area contributed by atoms with Crippen LogP contribution in [0.2, 0.25) is 0 Å². The Morgan fingerprint density at radius 1 is 1.35 bits per heavy atom. The van der Waals surface area contributed by atoms with Gasteiger partial charge in [0.05, 0.1) is 6.04 Å². The molecule has 0 bridgehead atoms. The van der Waals surface area contributed by atoms with Gasteiger partial charge in [0.2, 0.25) is 0 Å². The van der Waals surface area contributed by atoms with Crippen LogP contribution in [0.15, 0.2) is 18.2 Å². The molecule has 1 aromatic rings. The Hall–Kier alpha value is -1.26. The highest BCUT2D eigenvalue weighted by atomic mass is 16.5. The number of hydrogen-bond donors (Lipinski definition) is 2. The maximum absolute atomic E-state index is 9.58. The number of nitrogens with one attached hydrogen (secondary N) is 1. The average Bonchev–Trinajstić information content (AvgIpc) is 3.05. The van der Waals surface area contributed by atoms with Crippen molar-refractivity contribution in [2.75, 3.05) is 26.2 Å². The molecule has 0 aromatic heterocycles. The van der Waals surface area contributed by atoms with Crippen molar-refractivity contribution in [2.45, 2.75) is 25.4 Å². The van der Waals surface area contributed by atoms with Crippen LogP contribution < -0.4 is 10.1 Å². The van der Waals surface area contributed by atoms with Gasteiger partial charge in [-0.2, -0.15) is 0 Å². The molecule has 3 aliphatic heterocycles. The Balaban J connectivity index is 1.67. The van der Waals surface area contributed by atoms with Crippen LogP contribution in [0.5, 0.6) is 11.5 Å². The largest absolute Gasteiger partial charge is 0.508 e. The molecule has 20 heavy (non-hydrogen) atoms. The zero-order valence-electron chi connectivity index (χ0n) is 12.1. The topological polar surface area (TPSA) is 44.7 Å². The number of likely N-dealkylation sites (tertiary alicyclic amines) is 1. The molecule has 0 aliphatic carbocycles. The smallest absolute Gasteiger partial charge is 0.128 e. The summed E-state index contributed by atoms with van der Waals surface area (Å²) in [5.41, 5.74) is 1.42. The van der Waals surface area contributed by atoms with Crippen molar-refractivity contribution in [3.05, 3.63) is 23.8 Å². The summed E-state index contributed by atoms with van der Waals surface area (Å²) < 4.78 is 5.80. The summed E-state index contributed by atoms with van der Waals surface area (Å²) in [6.45, 7) is 8.84. The van der Waals surface area contributed by atoms with Crippen LogP contribution >= 0.6 is 0 Å². The van der Waals surface area contributed by atoms with Crippen molar-refractivity contribution in [3.8, 4) is 11.5 Å². The Bertz CT molecular complexity index is 543. The molecular weight excluding hydrogens is 252 g/mol. The number of phenolic OH excluding ortho intramolecular Hbond substituents is 1. The van der Waals surface area contributed by atoms with Gasteiger partial charge < -0.3 is 15.2 Å². The number of aromatic hydroxyl groups is 1. The van der Waals surface area contributed by atoms with Crippen molar-refractivity contribution in [2.24, 2.45) is 11.8 Å². The Morgan fingerprint density at radius 3 is 3.00 bits per heavy atom. The SMILES string of the molecule is CC1(C)C2CNCC2CN1C1COc2cc(O)ccc21. The summed E-state index contributed by atoms with van der Waals surface area (Å²) in [6.07, 6.45) is 0. The molecule has 3 unspecified atom stereocenters. The molecule has 3 aliphatic rings. The number of nitrogens with zero attached hydrogens (tertiary/aromatic N) is 1. The minimum atomic E-state index is 0.196. The van der Waals surface area contributed by atoms with Crippen molar-refractivity contribution in [1.82, 2.24) is 10.2 Å². The fraction of sp³-hybridized carbons (Fsp3) is 0.625. The summed E-state index contributed by atoms with van der Waals surface area (Å²) in [4.78, 5) is 2.62. The third-order valence-corrected chi connectivity index (χ3v) is 5.55. The molecule has 4 heteroatoms. The number of fused-ring (bicyclic) bond motifs is 2. The quantitative estimate of drug-likeness (QED) is 0.819. The van der Waals surface area contributed by atoms with E-state index in [1.54, 1.807) is 12.1 Å². The second-order valence-corrected chi connectivity index (χ2v) is 6.88. The first kappa shape index (κ1) is 12.5. The monoisotopic (exact) mass is 274 g/mol. The van der Waals surface area contributed by atoms with Crippen LogP contribution in [0.25, 0.3) is 0 Å². The normalized spacial score (nSPS) is 34.8. The molecule has 2 N–H and O–H groups in total. The van der Waals surface area contributed by atoms with Gasteiger partial charge in [-0.25, -0.2) is 0 Å². The minimum absolute atomic E-state index is 0.196. The molecule has 0 saturated carbocycles. The van der Waals surface area contributed by atoms with Gasteiger partial charge >= 0.3 is 0 Å². The van der Waals surface area contributed by atoms with Crippen LogP contribution in [-0.2, 0) is 0 Å². The maximum atomic E-state index is 9.58. The van der Waals surface area contributed by atoms with E-state index in [2.05, 4.69) is 24.1 Å². The first-order chi connectivity index (χ1) is 9.57. The third-order valence-electron chi connectivity index (χ3n) is 5.55. The number of ether oxygens (including phenoxy) is 1. The Labute approximate surface area is 119 Å². The van der Waals surface area contributed by atoms with Crippen molar-refractivity contribution >= 4 is 0 Å². The van der Waals surface area contributed by atoms with Gasteiger partial charge in [0.1, 0.15) is 18.1 Å². The molecule has 2 saturated heterocycles. The molecule has 4 nitrogen and oxygen atoms in total. The lowest BCUT2D eigenvalue weighted by Crippen LogP contribution is -2.46. The van der Waals surface area contributed by atoms with E-state index in [9.17, 15) is 5.11 Å². The lowest BCUT2D eigenvalue weighted by atomic mass is 9.84. The van der Waals surface area contributed by atoms with E-state index in [0.29, 0.717) is 12.6 Å². The van der Waals surface area contributed by atoms with E-state index in [1.807, 2.05) is 6.07 Å². The molecule has 108 valence electrons. The van der Waals surface area contributed by atoms with Gasteiger partial charge in [0.25, 0.3) is 0 Å². The van der Waals surface area contributed by atoms with Crippen molar-refractivity contribution in [1.29, 1.82) is 0 Å². The van der Waals surface area contributed by atoms with Crippen LogP contribution in [-0.4, -0.2) is 41.8 Å². The second-order valence-electron chi connectivity index (χ2n) is 6.88. The van der Waals surface area contributed by atoms with Crippen LogP contribution in [0.3, 0.4) is 0 Å². The van der Waals surface area contributed by atoms with Crippen LogP contribution in [0.4, 0.5) is 0 Å². The highest BCUT2D eigenvalue weighted by Crippen LogP contribution is 2.48. The molecule has 3 heterocycles. The van der Waals surface area contributed by atoms with E-state index in [1.165, 1.54) is 5.56 Å². The van der Waals surface area contributed by atoms with E-state index in [-0.39, 0.29) is 11.3 Å². The molecule has 0 radical (unpaired) electrons. The van der Waals surface area contributed by atoms with Crippen molar-refractivity contribution in [3.63, 3.8) is 0 Å². The van der Waals surface area contributed by atoms with E-state index < -0.39 is 0 Å². The molecule has 4 rings (SSSR count). The number of hydrogen-bond acceptors (Lipinski definition) is 4. The zero-order valence-corrected chi connectivity index (χ0v) is 12.1. The van der Waals surface area contributed by atoms with Crippen molar-refractivity contribution < 1.29 is 9.84 Å². The Kier molecular flexibility index (Phi) is 2.57. The summed E-state index contributed by atoms with van der Waals surface area (Å²) in [7, 11) is 0. The van der Waals surface area contributed by atoms with Gasteiger partial charge in [-0.15, -0.1) is 0 Å². The highest BCUT2D eigenvalue weighted by Gasteiger charge is 2.52. The lowest BCUT2D eigenvalue weighted by Gasteiger charge is -2.39. The lowest BCUT2D eigenvalue weighted by molar-refractivity contribution is 0.0751. The van der Waals surface area contributed by atoms with Gasteiger partial charge in [-0.1, -0.05) is 0 Å². The second kappa shape index (κ2) is 4.12. The van der Waals surface area contributed by atoms with E-state index >= 15 is 0 Å². The first-order valence-electron chi connectivity index (χ1n) is 7.50. The zero-order chi connectivity index (χ0) is 13.9. The number of phenols is 1. The average molecular weight is 274 g/mol. The molecule has 0 spiro atoms. The van der Waals surface area contributed by atoms with E-state index in [0.717, 1.165) is 37.2 Å². The molecular formula is C16H22N2O2. The first-order valence-corrected chi connectivity index (χ1v) is 7.50. The minimum Gasteiger partial charge on any atom is -0.508 e. The summed E-state index contributed by atoms with van der Waals surface area (Å²) in [6, 6.07) is 5.85. The molecule has 0 amide bonds. The van der Waals surface area contributed by atoms with Gasteiger partial charge in [0, 0.05) is 30.3 Å². The highest BCUT2D eigenvalue weighted by molar-refractivity contribution is 5.44. The maximum Gasteiger partial charge on any atom is 0.128 e. The molecule has 1 aromatic carbocycles. The predicted octanol–water partition coefficient (Wildman–Crippen LogP) is 1.76. The summed E-state index contributed by atoms with van der Waals surface area (Å²) in [5, 5.41) is 13.1. The van der Waals surface area contributed by atoms with Gasteiger partial charge in [0.15, 0.2) is 0 Å². The van der Waals surface area contributed by atoms with Crippen LogP contribution in [0, 0.1) is 11.8 Å². The predicted molar refractivity (Wildman–Crippen MR) is 77.0 cm³/mol.